The number of rotatable bonds is 6. The van der Waals surface area contributed by atoms with Crippen LogP contribution in [-0.2, 0) is 0 Å². The van der Waals surface area contributed by atoms with Gasteiger partial charge in [0.25, 0.3) is 5.91 Å². The number of benzene rings is 2. The van der Waals surface area contributed by atoms with Crippen LogP contribution in [0.2, 0.25) is 0 Å². The number of pyridine rings is 1. The van der Waals surface area contributed by atoms with Crippen LogP contribution in [0.4, 0.5) is 18.9 Å². The number of alkyl halides is 3. The lowest BCUT2D eigenvalue weighted by atomic mass is 10.1. The molecule has 5 nitrogen and oxygen atoms in total. The van der Waals surface area contributed by atoms with Crippen LogP contribution in [0.3, 0.4) is 0 Å². The van der Waals surface area contributed by atoms with Crippen LogP contribution in [0.1, 0.15) is 34.5 Å². The summed E-state index contributed by atoms with van der Waals surface area (Å²) >= 11 is 1.53. The van der Waals surface area contributed by atoms with Crippen LogP contribution in [0, 0.1) is 0 Å². The molecule has 1 aromatic heterocycles. The van der Waals surface area contributed by atoms with E-state index in [2.05, 4.69) is 10.3 Å². The van der Waals surface area contributed by atoms with Crippen molar-refractivity contribution in [3.8, 4) is 5.88 Å². The SMILES string of the molecule is COc1cccc(C2=Nc3cc(C(=O)NCCCC(F)(F)F)ccc3Sc3ccccc32)n1. The van der Waals surface area contributed by atoms with Crippen molar-refractivity contribution in [3.63, 3.8) is 0 Å². The van der Waals surface area contributed by atoms with Crippen molar-refractivity contribution in [1.29, 1.82) is 0 Å². The molecule has 0 radical (unpaired) electrons. The number of fused-ring (bicyclic) bond motifs is 2. The maximum Gasteiger partial charge on any atom is 0.389 e. The predicted molar refractivity (Wildman–Crippen MR) is 121 cm³/mol. The molecule has 1 aliphatic rings. The number of amides is 1. The molecule has 170 valence electrons. The van der Waals surface area contributed by atoms with Crippen LogP contribution < -0.4 is 10.1 Å². The van der Waals surface area contributed by atoms with Crippen molar-refractivity contribution in [2.45, 2.75) is 28.8 Å². The normalized spacial score (nSPS) is 12.8. The van der Waals surface area contributed by atoms with Crippen LogP contribution in [0.25, 0.3) is 0 Å². The lowest BCUT2D eigenvalue weighted by Crippen LogP contribution is -2.25. The summed E-state index contributed by atoms with van der Waals surface area (Å²) in [5.41, 5.74) is 3.07. The van der Waals surface area contributed by atoms with Crippen LogP contribution in [0.5, 0.6) is 5.88 Å². The van der Waals surface area contributed by atoms with Gasteiger partial charge in [-0.05, 0) is 36.8 Å². The summed E-state index contributed by atoms with van der Waals surface area (Å²) in [6.07, 6.45) is -5.34. The Kier molecular flexibility index (Phi) is 6.69. The summed E-state index contributed by atoms with van der Waals surface area (Å²) in [6.45, 7) is -0.0577. The molecule has 0 saturated carbocycles. The van der Waals surface area contributed by atoms with Gasteiger partial charge < -0.3 is 10.1 Å². The second-order valence-electron chi connectivity index (χ2n) is 7.28. The number of carbonyl (C=O) groups excluding carboxylic acids is 1. The lowest BCUT2D eigenvalue weighted by Gasteiger charge is -2.09. The minimum Gasteiger partial charge on any atom is -0.481 e. The number of ether oxygens (including phenoxy) is 1. The van der Waals surface area contributed by atoms with Crippen molar-refractivity contribution in [2.24, 2.45) is 4.99 Å². The largest absolute Gasteiger partial charge is 0.481 e. The van der Waals surface area contributed by atoms with Crippen molar-refractivity contribution in [1.82, 2.24) is 10.3 Å². The molecule has 2 heterocycles. The number of halogens is 3. The highest BCUT2D eigenvalue weighted by Crippen LogP contribution is 2.41. The number of nitrogens with one attached hydrogen (secondary N) is 1. The van der Waals surface area contributed by atoms with E-state index in [9.17, 15) is 18.0 Å². The Morgan fingerprint density at radius 1 is 1.06 bits per heavy atom. The summed E-state index contributed by atoms with van der Waals surface area (Å²) < 4.78 is 42.2. The highest BCUT2D eigenvalue weighted by molar-refractivity contribution is 7.99. The van der Waals surface area contributed by atoms with Crippen molar-refractivity contribution >= 4 is 29.1 Å². The molecular formula is C24H20F3N3O2S. The molecule has 0 unspecified atom stereocenters. The number of methoxy groups -OCH3 is 1. The monoisotopic (exact) mass is 471 g/mol. The lowest BCUT2D eigenvalue weighted by molar-refractivity contribution is -0.135. The fourth-order valence-corrected chi connectivity index (χ4v) is 4.33. The van der Waals surface area contributed by atoms with E-state index in [0.29, 0.717) is 28.5 Å². The van der Waals surface area contributed by atoms with Crippen molar-refractivity contribution < 1.29 is 22.7 Å². The number of hydrogen-bond acceptors (Lipinski definition) is 5. The van der Waals surface area contributed by atoms with E-state index in [-0.39, 0.29) is 13.0 Å². The predicted octanol–water partition coefficient (Wildman–Crippen LogP) is 5.80. The zero-order valence-corrected chi connectivity index (χ0v) is 18.5. The fourth-order valence-electron chi connectivity index (χ4n) is 3.33. The summed E-state index contributed by atoms with van der Waals surface area (Å²) in [5, 5.41) is 2.55. The van der Waals surface area contributed by atoms with Crippen LogP contribution >= 0.6 is 11.8 Å². The average Bonchev–Trinajstić information content (AvgIpc) is 2.97. The third-order valence-corrected chi connectivity index (χ3v) is 6.05. The molecule has 0 aliphatic carbocycles. The van der Waals surface area contributed by atoms with Gasteiger partial charge in [-0.1, -0.05) is 36.0 Å². The van der Waals surface area contributed by atoms with Gasteiger partial charge in [0.05, 0.1) is 24.2 Å². The quantitative estimate of drug-likeness (QED) is 0.361. The Morgan fingerprint density at radius 3 is 2.67 bits per heavy atom. The van der Waals surface area contributed by atoms with E-state index in [4.69, 9.17) is 9.73 Å². The minimum absolute atomic E-state index is 0.0577. The van der Waals surface area contributed by atoms with Crippen molar-refractivity contribution in [2.75, 3.05) is 13.7 Å². The molecule has 1 aliphatic heterocycles. The molecule has 0 bridgehead atoms. The molecule has 0 spiro atoms. The first-order chi connectivity index (χ1) is 15.8. The van der Waals surface area contributed by atoms with Gasteiger partial charge in [0, 0.05) is 39.9 Å². The van der Waals surface area contributed by atoms with Gasteiger partial charge in [-0.25, -0.2) is 9.98 Å². The van der Waals surface area contributed by atoms with Gasteiger partial charge in [-0.2, -0.15) is 13.2 Å². The summed E-state index contributed by atoms with van der Waals surface area (Å²) in [7, 11) is 1.54. The average molecular weight is 472 g/mol. The molecular weight excluding hydrogens is 451 g/mol. The Bertz CT molecular complexity index is 1210. The summed E-state index contributed by atoms with van der Waals surface area (Å²) in [6, 6.07) is 18.3. The number of aromatic nitrogens is 1. The van der Waals surface area contributed by atoms with Gasteiger partial charge in [0.2, 0.25) is 5.88 Å². The third-order valence-electron chi connectivity index (χ3n) is 4.91. The van der Waals surface area contributed by atoms with E-state index < -0.39 is 18.5 Å². The van der Waals surface area contributed by atoms with Gasteiger partial charge in [-0.15, -0.1) is 0 Å². The zero-order valence-electron chi connectivity index (χ0n) is 17.6. The van der Waals surface area contributed by atoms with Gasteiger partial charge in [0.15, 0.2) is 0 Å². The first-order valence-electron chi connectivity index (χ1n) is 10.2. The first kappa shape index (κ1) is 22.8. The smallest absolute Gasteiger partial charge is 0.389 e. The zero-order chi connectivity index (χ0) is 23.4. The molecule has 9 heteroatoms. The topological polar surface area (TPSA) is 63.6 Å². The Labute approximate surface area is 193 Å². The van der Waals surface area contributed by atoms with Gasteiger partial charge in [-0.3, -0.25) is 4.79 Å². The molecule has 2 aromatic carbocycles. The van der Waals surface area contributed by atoms with E-state index in [1.54, 1.807) is 31.4 Å². The molecule has 0 atom stereocenters. The molecule has 33 heavy (non-hydrogen) atoms. The Balaban J connectivity index is 1.66. The van der Waals surface area contributed by atoms with E-state index >= 15 is 0 Å². The van der Waals surface area contributed by atoms with E-state index in [1.807, 2.05) is 36.4 Å². The molecule has 0 fully saturated rings. The number of hydrogen-bond donors (Lipinski definition) is 1. The van der Waals surface area contributed by atoms with Crippen molar-refractivity contribution in [3.05, 3.63) is 77.5 Å². The second kappa shape index (κ2) is 9.66. The van der Waals surface area contributed by atoms with E-state index in [1.165, 1.54) is 11.8 Å². The second-order valence-corrected chi connectivity index (χ2v) is 8.36. The molecule has 3 aromatic rings. The van der Waals surface area contributed by atoms with Gasteiger partial charge in [0.1, 0.15) is 0 Å². The number of carbonyl (C=O) groups is 1. The maximum atomic E-state index is 12.5. The van der Waals surface area contributed by atoms with E-state index in [0.717, 1.165) is 15.4 Å². The van der Waals surface area contributed by atoms with Crippen LogP contribution in [-0.4, -0.2) is 36.4 Å². The first-order valence-corrected chi connectivity index (χ1v) is 11.0. The van der Waals surface area contributed by atoms with Gasteiger partial charge >= 0.3 is 6.18 Å². The highest BCUT2D eigenvalue weighted by Gasteiger charge is 2.26. The standard InChI is InChI=1S/C24H20F3N3O2S/c1-32-21-9-4-7-17(29-21)22-16-6-2-3-8-19(16)33-20-11-10-15(14-18(20)30-22)23(31)28-13-5-12-24(25,26)27/h2-4,6-11,14H,5,12-13H2,1H3,(H,28,31). The number of nitrogens with zero attached hydrogens (tertiary/aromatic N) is 2. The summed E-state index contributed by atoms with van der Waals surface area (Å²) in [4.78, 5) is 23.7. The maximum absolute atomic E-state index is 12.5. The van der Waals surface area contributed by atoms with Crippen LogP contribution in [0.15, 0.2) is 75.4 Å². The third kappa shape index (κ3) is 5.54. The minimum atomic E-state index is -4.24. The molecule has 4 rings (SSSR count). The highest BCUT2D eigenvalue weighted by atomic mass is 32.2. The molecule has 0 saturated heterocycles. The molecule has 1 amide bonds. The Morgan fingerprint density at radius 2 is 1.88 bits per heavy atom. The number of aliphatic imine (C=N–C) groups is 1. The summed E-state index contributed by atoms with van der Waals surface area (Å²) in [5.74, 6) is 0.0137. The molecule has 1 N–H and O–H groups in total. The fraction of sp³-hybridized carbons (Fsp3) is 0.208. The Hall–Kier alpha value is -3.33.